The Morgan fingerprint density at radius 2 is 1.70 bits per heavy atom. The molecule has 0 aromatic heterocycles. The Morgan fingerprint density at radius 3 is 2.22 bits per heavy atom. The van der Waals surface area contributed by atoms with E-state index in [0.717, 1.165) is 25.2 Å². The van der Waals surface area contributed by atoms with Crippen LogP contribution in [0.15, 0.2) is 18.2 Å². The van der Waals surface area contributed by atoms with Gasteiger partial charge < -0.3 is 20.9 Å². The fourth-order valence-electron chi connectivity index (χ4n) is 2.31. The standard InChI is InChI=1S/C17H26Cl2N4O2.2ClH/c1-3-22(4-2)7-8-23(17(25)11-21-16(24)10-20)12-13-5-6-14(18)15(19)9-13;;/h5-6,9H,3-4,7-8,10-12,20H2,1-2H3,(H,21,24);2*1H. The number of likely N-dealkylation sites (N-methyl/N-ethyl adjacent to an activating group) is 1. The summed E-state index contributed by atoms with van der Waals surface area (Å²) in [6.45, 7) is 7.48. The van der Waals surface area contributed by atoms with Crippen molar-refractivity contribution in [3.63, 3.8) is 0 Å². The molecule has 3 N–H and O–H groups in total. The summed E-state index contributed by atoms with van der Waals surface area (Å²) in [7, 11) is 0. The van der Waals surface area contributed by atoms with Crippen LogP contribution >= 0.6 is 48.0 Å². The topological polar surface area (TPSA) is 78.7 Å². The molecule has 0 aliphatic rings. The molecule has 27 heavy (non-hydrogen) atoms. The van der Waals surface area contributed by atoms with Gasteiger partial charge in [-0.05, 0) is 30.8 Å². The average Bonchev–Trinajstić information content (AvgIpc) is 2.62. The summed E-state index contributed by atoms with van der Waals surface area (Å²) in [5.74, 6) is -0.522. The zero-order chi connectivity index (χ0) is 18.8. The number of carbonyl (C=O) groups is 2. The maximum Gasteiger partial charge on any atom is 0.242 e. The highest BCUT2D eigenvalue weighted by atomic mass is 35.5. The van der Waals surface area contributed by atoms with Crippen molar-refractivity contribution in [1.82, 2.24) is 15.1 Å². The van der Waals surface area contributed by atoms with Gasteiger partial charge in [-0.25, -0.2) is 0 Å². The Morgan fingerprint density at radius 1 is 1.07 bits per heavy atom. The van der Waals surface area contributed by atoms with Crippen LogP contribution in [0.2, 0.25) is 10.0 Å². The predicted octanol–water partition coefficient (Wildman–Crippen LogP) is 2.58. The lowest BCUT2D eigenvalue weighted by Gasteiger charge is -2.27. The van der Waals surface area contributed by atoms with Crippen LogP contribution in [0.25, 0.3) is 0 Å². The van der Waals surface area contributed by atoms with Crippen LogP contribution in [0.3, 0.4) is 0 Å². The van der Waals surface area contributed by atoms with Crippen molar-refractivity contribution >= 4 is 59.8 Å². The lowest BCUT2D eigenvalue weighted by Crippen LogP contribution is -2.44. The summed E-state index contributed by atoms with van der Waals surface area (Å²) in [5, 5.41) is 3.44. The zero-order valence-corrected chi connectivity index (χ0v) is 18.7. The van der Waals surface area contributed by atoms with Crippen molar-refractivity contribution in [1.29, 1.82) is 0 Å². The van der Waals surface area contributed by atoms with E-state index in [4.69, 9.17) is 28.9 Å². The number of nitrogens with two attached hydrogens (primary N) is 1. The molecule has 0 saturated carbocycles. The van der Waals surface area contributed by atoms with Crippen molar-refractivity contribution < 1.29 is 9.59 Å². The Hall–Kier alpha value is -0.760. The van der Waals surface area contributed by atoms with Crippen molar-refractivity contribution in [3.8, 4) is 0 Å². The van der Waals surface area contributed by atoms with Crippen LogP contribution in [0.5, 0.6) is 0 Å². The first-order chi connectivity index (χ1) is 11.9. The lowest BCUT2D eigenvalue weighted by atomic mass is 10.2. The van der Waals surface area contributed by atoms with E-state index >= 15 is 0 Å². The monoisotopic (exact) mass is 460 g/mol. The van der Waals surface area contributed by atoms with E-state index in [1.54, 1.807) is 17.0 Å². The molecule has 0 radical (unpaired) electrons. The molecule has 156 valence electrons. The maximum atomic E-state index is 12.5. The Balaban J connectivity index is 0. The minimum Gasteiger partial charge on any atom is -0.346 e. The highest BCUT2D eigenvalue weighted by Crippen LogP contribution is 2.23. The van der Waals surface area contributed by atoms with Gasteiger partial charge in [-0.1, -0.05) is 43.1 Å². The molecule has 0 heterocycles. The minimum atomic E-state index is -0.355. The highest BCUT2D eigenvalue weighted by molar-refractivity contribution is 6.42. The van der Waals surface area contributed by atoms with Crippen LogP contribution in [0.4, 0.5) is 0 Å². The molecule has 6 nitrogen and oxygen atoms in total. The summed E-state index contributed by atoms with van der Waals surface area (Å²) < 4.78 is 0. The van der Waals surface area contributed by atoms with Gasteiger partial charge >= 0.3 is 0 Å². The van der Waals surface area contributed by atoms with Gasteiger partial charge in [-0.3, -0.25) is 9.59 Å². The van der Waals surface area contributed by atoms with Crippen LogP contribution in [0.1, 0.15) is 19.4 Å². The number of hydrogen-bond acceptors (Lipinski definition) is 4. The zero-order valence-electron chi connectivity index (χ0n) is 15.5. The molecule has 1 aromatic rings. The summed E-state index contributed by atoms with van der Waals surface area (Å²) >= 11 is 12.0. The highest BCUT2D eigenvalue weighted by Gasteiger charge is 2.16. The maximum absolute atomic E-state index is 12.5. The molecule has 0 aliphatic carbocycles. The predicted molar refractivity (Wildman–Crippen MR) is 116 cm³/mol. The molecule has 0 atom stereocenters. The van der Waals surface area contributed by atoms with Gasteiger partial charge in [0.2, 0.25) is 11.8 Å². The second kappa shape index (κ2) is 15.2. The molecule has 0 spiro atoms. The number of nitrogens with zero attached hydrogens (tertiary/aromatic N) is 2. The summed E-state index contributed by atoms with van der Waals surface area (Å²) in [5.41, 5.74) is 6.13. The van der Waals surface area contributed by atoms with Gasteiger partial charge in [0, 0.05) is 19.6 Å². The molecule has 10 heteroatoms. The van der Waals surface area contributed by atoms with Crippen molar-refractivity contribution in [2.75, 3.05) is 39.3 Å². The largest absolute Gasteiger partial charge is 0.346 e. The molecular formula is C17H28Cl4N4O2. The second-order valence-corrected chi connectivity index (χ2v) is 6.39. The first-order valence-corrected chi connectivity index (χ1v) is 9.07. The molecule has 1 rings (SSSR count). The van der Waals surface area contributed by atoms with E-state index in [1.807, 2.05) is 6.07 Å². The molecule has 0 fully saturated rings. The molecule has 0 bridgehead atoms. The van der Waals surface area contributed by atoms with Gasteiger partial charge in [0.25, 0.3) is 0 Å². The van der Waals surface area contributed by atoms with Crippen LogP contribution < -0.4 is 11.1 Å². The summed E-state index contributed by atoms with van der Waals surface area (Å²) in [6, 6.07) is 5.30. The van der Waals surface area contributed by atoms with E-state index in [9.17, 15) is 9.59 Å². The van der Waals surface area contributed by atoms with Gasteiger partial charge in [0.15, 0.2) is 0 Å². The van der Waals surface area contributed by atoms with Gasteiger partial charge in [-0.2, -0.15) is 0 Å². The second-order valence-electron chi connectivity index (χ2n) is 5.57. The normalized spacial score (nSPS) is 10.0. The Labute approximate surface area is 183 Å². The molecular weight excluding hydrogens is 434 g/mol. The smallest absolute Gasteiger partial charge is 0.242 e. The van der Waals surface area contributed by atoms with Gasteiger partial charge in [-0.15, -0.1) is 24.8 Å². The number of hydrogen-bond donors (Lipinski definition) is 2. The van der Waals surface area contributed by atoms with E-state index in [1.165, 1.54) is 0 Å². The molecule has 0 saturated heterocycles. The van der Waals surface area contributed by atoms with E-state index in [2.05, 4.69) is 24.1 Å². The van der Waals surface area contributed by atoms with Crippen LogP contribution in [0, 0.1) is 0 Å². The number of benzene rings is 1. The van der Waals surface area contributed by atoms with E-state index in [0.29, 0.717) is 23.1 Å². The van der Waals surface area contributed by atoms with Gasteiger partial charge in [0.1, 0.15) is 0 Å². The fourth-order valence-corrected chi connectivity index (χ4v) is 2.63. The molecule has 2 amide bonds. The molecule has 0 unspecified atom stereocenters. The molecule has 1 aromatic carbocycles. The SMILES string of the molecule is CCN(CC)CCN(Cc1ccc(Cl)c(Cl)c1)C(=O)CNC(=O)CN.Cl.Cl. The van der Waals surface area contributed by atoms with Crippen molar-refractivity contribution in [2.24, 2.45) is 5.73 Å². The van der Waals surface area contributed by atoms with E-state index < -0.39 is 0 Å². The Bertz CT molecular complexity index is 586. The van der Waals surface area contributed by atoms with Gasteiger partial charge in [0.05, 0.1) is 23.1 Å². The summed E-state index contributed by atoms with van der Waals surface area (Å²) in [4.78, 5) is 27.7. The number of nitrogens with one attached hydrogen (secondary N) is 1. The average molecular weight is 462 g/mol. The number of rotatable bonds is 10. The summed E-state index contributed by atoms with van der Waals surface area (Å²) in [6.07, 6.45) is 0. The fraction of sp³-hybridized carbons (Fsp3) is 0.529. The third kappa shape index (κ3) is 10.4. The number of amides is 2. The van der Waals surface area contributed by atoms with Crippen LogP contribution in [-0.2, 0) is 16.1 Å². The Kier molecular flexibility index (Phi) is 16.0. The molecule has 0 aliphatic heterocycles. The minimum absolute atomic E-state index is 0. The first kappa shape index (κ1) is 28.4. The first-order valence-electron chi connectivity index (χ1n) is 8.32. The van der Waals surface area contributed by atoms with Crippen molar-refractivity contribution in [2.45, 2.75) is 20.4 Å². The lowest BCUT2D eigenvalue weighted by molar-refractivity contribution is -0.133. The third-order valence-electron chi connectivity index (χ3n) is 3.91. The third-order valence-corrected chi connectivity index (χ3v) is 4.65. The number of carbonyl (C=O) groups excluding carboxylic acids is 2. The van der Waals surface area contributed by atoms with Crippen LogP contribution in [-0.4, -0.2) is 60.9 Å². The van der Waals surface area contributed by atoms with Crippen molar-refractivity contribution in [3.05, 3.63) is 33.8 Å². The number of halogens is 4. The van der Waals surface area contributed by atoms with E-state index in [-0.39, 0.29) is 49.7 Å². The quantitative estimate of drug-likeness (QED) is 0.561.